The molecule has 2 rings (SSSR count). The maximum atomic E-state index is 12.3. The van der Waals surface area contributed by atoms with E-state index in [0.717, 1.165) is 38.4 Å². The minimum Gasteiger partial charge on any atom is -0.379 e. The van der Waals surface area contributed by atoms with E-state index in [1.54, 1.807) is 29.2 Å². The van der Waals surface area contributed by atoms with E-state index in [4.69, 9.17) is 4.74 Å². The van der Waals surface area contributed by atoms with Crippen LogP contribution in [0.2, 0.25) is 0 Å². The van der Waals surface area contributed by atoms with Gasteiger partial charge in [-0.3, -0.25) is 9.69 Å². The van der Waals surface area contributed by atoms with E-state index in [1.165, 1.54) is 6.92 Å². The number of aryl methyl sites for hydroxylation is 1. The second-order valence-corrected chi connectivity index (χ2v) is 7.94. The number of carbonyl (C=O) groups excluding carboxylic acids is 1. The quantitative estimate of drug-likeness (QED) is 0.720. The number of hydrogen-bond donors (Lipinski definition) is 1. The molecule has 1 heterocycles. The molecule has 0 unspecified atom stereocenters. The summed E-state index contributed by atoms with van der Waals surface area (Å²) in [6, 6.07) is 6.69. The molecule has 1 fully saturated rings. The van der Waals surface area contributed by atoms with Crippen molar-refractivity contribution in [3.8, 4) is 0 Å². The van der Waals surface area contributed by atoms with Crippen molar-refractivity contribution >= 4 is 15.9 Å². The van der Waals surface area contributed by atoms with Crippen molar-refractivity contribution in [2.24, 2.45) is 0 Å². The summed E-state index contributed by atoms with van der Waals surface area (Å²) in [4.78, 5) is 15.9. The number of hydrogen-bond acceptors (Lipinski definition) is 5. The highest BCUT2D eigenvalue weighted by Gasteiger charge is 2.16. The molecule has 0 spiro atoms. The molecule has 1 aliphatic heterocycles. The van der Waals surface area contributed by atoms with Gasteiger partial charge >= 0.3 is 0 Å². The molecular formula is C17H27N3O4S. The third kappa shape index (κ3) is 6.39. The van der Waals surface area contributed by atoms with Crippen LogP contribution >= 0.6 is 0 Å². The van der Waals surface area contributed by atoms with Crippen molar-refractivity contribution in [2.45, 2.75) is 18.7 Å². The molecule has 0 atom stereocenters. The van der Waals surface area contributed by atoms with Gasteiger partial charge in [0.1, 0.15) is 0 Å². The maximum absolute atomic E-state index is 12.3. The third-order valence-electron chi connectivity index (χ3n) is 4.24. The van der Waals surface area contributed by atoms with Gasteiger partial charge in [-0.1, -0.05) is 17.7 Å². The monoisotopic (exact) mass is 369 g/mol. The van der Waals surface area contributed by atoms with Crippen molar-refractivity contribution < 1.29 is 17.9 Å². The van der Waals surface area contributed by atoms with Gasteiger partial charge in [-0.2, -0.15) is 0 Å². The number of rotatable bonds is 8. The molecule has 0 bridgehead atoms. The lowest BCUT2D eigenvalue weighted by atomic mass is 10.2. The number of amides is 1. The predicted molar refractivity (Wildman–Crippen MR) is 95.9 cm³/mol. The number of morpholine rings is 1. The molecule has 8 heteroatoms. The predicted octanol–water partition coefficient (Wildman–Crippen LogP) is 0.454. The maximum Gasteiger partial charge on any atom is 0.240 e. The highest BCUT2D eigenvalue weighted by atomic mass is 32.2. The average molecular weight is 369 g/mol. The van der Waals surface area contributed by atoms with Gasteiger partial charge in [0.2, 0.25) is 15.9 Å². The van der Waals surface area contributed by atoms with E-state index in [2.05, 4.69) is 9.62 Å². The zero-order valence-corrected chi connectivity index (χ0v) is 15.7. The first-order chi connectivity index (χ1) is 11.9. The van der Waals surface area contributed by atoms with Gasteiger partial charge in [-0.05, 0) is 19.1 Å². The molecule has 25 heavy (non-hydrogen) atoms. The Kier molecular flexibility index (Phi) is 7.37. The first-order valence-electron chi connectivity index (χ1n) is 8.50. The highest BCUT2D eigenvalue weighted by molar-refractivity contribution is 7.89. The molecular weight excluding hydrogens is 342 g/mol. The average Bonchev–Trinajstić information content (AvgIpc) is 2.59. The smallest absolute Gasteiger partial charge is 0.240 e. The first kappa shape index (κ1) is 19.8. The normalized spacial score (nSPS) is 15.9. The summed E-state index contributed by atoms with van der Waals surface area (Å²) in [6.07, 6.45) is 0. The Morgan fingerprint density at radius 2 is 1.84 bits per heavy atom. The second kappa shape index (κ2) is 9.28. The summed E-state index contributed by atoms with van der Waals surface area (Å²) in [5.41, 5.74) is 1.00. The van der Waals surface area contributed by atoms with Gasteiger partial charge in [0.15, 0.2) is 0 Å². The van der Waals surface area contributed by atoms with Crippen molar-refractivity contribution in [2.75, 3.05) is 52.5 Å². The zero-order chi connectivity index (χ0) is 18.3. The Bertz CT molecular complexity index is 655. The third-order valence-corrected chi connectivity index (χ3v) is 5.72. The summed E-state index contributed by atoms with van der Waals surface area (Å²) < 4.78 is 32.4. The van der Waals surface area contributed by atoms with Crippen molar-refractivity contribution in [1.29, 1.82) is 0 Å². The van der Waals surface area contributed by atoms with Crippen LogP contribution in [0.25, 0.3) is 0 Å². The summed E-state index contributed by atoms with van der Waals surface area (Å²) in [6.45, 7) is 8.49. The Morgan fingerprint density at radius 1 is 1.20 bits per heavy atom. The molecule has 1 amide bonds. The van der Waals surface area contributed by atoms with Crippen molar-refractivity contribution in [3.05, 3.63) is 29.8 Å². The second-order valence-electron chi connectivity index (χ2n) is 6.17. The Labute approximate surface area is 150 Å². The number of ether oxygens (including phenoxy) is 1. The molecule has 1 aliphatic rings. The SMILES string of the molecule is CC(=O)N(CCNS(=O)(=O)c1ccc(C)cc1)CCN1CCOCC1. The van der Waals surface area contributed by atoms with Crippen molar-refractivity contribution in [3.63, 3.8) is 0 Å². The van der Waals surface area contributed by atoms with E-state index in [1.807, 2.05) is 6.92 Å². The number of carbonyl (C=O) groups is 1. The standard InChI is InChI=1S/C17H27N3O4S/c1-15-3-5-17(6-4-15)25(22,23)18-7-8-20(16(2)21)10-9-19-11-13-24-14-12-19/h3-6,18H,7-14H2,1-2H3. The largest absolute Gasteiger partial charge is 0.379 e. The molecule has 1 saturated heterocycles. The Morgan fingerprint density at radius 3 is 2.44 bits per heavy atom. The molecule has 0 saturated carbocycles. The van der Waals surface area contributed by atoms with Crippen LogP contribution < -0.4 is 4.72 Å². The van der Waals surface area contributed by atoms with Crippen LogP contribution in [-0.4, -0.2) is 76.6 Å². The van der Waals surface area contributed by atoms with Crippen LogP contribution in [0.15, 0.2) is 29.2 Å². The van der Waals surface area contributed by atoms with Gasteiger partial charge in [-0.25, -0.2) is 13.1 Å². The molecule has 140 valence electrons. The van der Waals surface area contributed by atoms with Crippen LogP contribution in [0.4, 0.5) is 0 Å². The fraction of sp³-hybridized carbons (Fsp3) is 0.588. The molecule has 1 N–H and O–H groups in total. The summed E-state index contributed by atoms with van der Waals surface area (Å²) in [5, 5.41) is 0. The Hall–Kier alpha value is -1.48. The minimum atomic E-state index is -3.55. The molecule has 0 aromatic heterocycles. The van der Waals surface area contributed by atoms with Gasteiger partial charge in [-0.15, -0.1) is 0 Å². The fourth-order valence-electron chi connectivity index (χ4n) is 2.63. The Balaban J connectivity index is 1.81. The van der Waals surface area contributed by atoms with E-state index < -0.39 is 10.0 Å². The van der Waals surface area contributed by atoms with Gasteiger partial charge in [0.25, 0.3) is 0 Å². The molecule has 0 aliphatic carbocycles. The molecule has 1 aromatic rings. The van der Waals surface area contributed by atoms with Crippen LogP contribution in [0, 0.1) is 6.92 Å². The van der Waals surface area contributed by atoms with Gasteiger partial charge < -0.3 is 9.64 Å². The number of nitrogens with one attached hydrogen (secondary N) is 1. The number of benzene rings is 1. The van der Waals surface area contributed by atoms with Gasteiger partial charge in [0.05, 0.1) is 18.1 Å². The number of nitrogens with zero attached hydrogens (tertiary/aromatic N) is 2. The first-order valence-corrected chi connectivity index (χ1v) is 9.99. The minimum absolute atomic E-state index is 0.0530. The fourth-order valence-corrected chi connectivity index (χ4v) is 3.65. The molecule has 7 nitrogen and oxygen atoms in total. The number of sulfonamides is 1. The van der Waals surface area contributed by atoms with E-state index in [0.29, 0.717) is 13.1 Å². The topological polar surface area (TPSA) is 79.0 Å². The molecule has 0 radical (unpaired) electrons. The van der Waals surface area contributed by atoms with E-state index in [9.17, 15) is 13.2 Å². The summed E-state index contributed by atoms with van der Waals surface area (Å²) in [7, 11) is -3.55. The van der Waals surface area contributed by atoms with Crippen LogP contribution in [-0.2, 0) is 19.6 Å². The van der Waals surface area contributed by atoms with Crippen LogP contribution in [0.3, 0.4) is 0 Å². The lowest BCUT2D eigenvalue weighted by molar-refractivity contribution is -0.129. The zero-order valence-electron chi connectivity index (χ0n) is 14.9. The van der Waals surface area contributed by atoms with E-state index >= 15 is 0 Å². The highest BCUT2D eigenvalue weighted by Crippen LogP contribution is 2.09. The summed E-state index contributed by atoms with van der Waals surface area (Å²) >= 11 is 0. The van der Waals surface area contributed by atoms with Crippen molar-refractivity contribution in [1.82, 2.24) is 14.5 Å². The van der Waals surface area contributed by atoms with Crippen LogP contribution in [0.1, 0.15) is 12.5 Å². The molecule has 1 aromatic carbocycles. The lowest BCUT2D eigenvalue weighted by Crippen LogP contribution is -2.44. The summed E-state index contributed by atoms with van der Waals surface area (Å²) in [5.74, 6) is -0.0530. The lowest BCUT2D eigenvalue weighted by Gasteiger charge is -2.29. The van der Waals surface area contributed by atoms with Crippen LogP contribution in [0.5, 0.6) is 0 Å². The van der Waals surface area contributed by atoms with Gasteiger partial charge in [0, 0.05) is 46.2 Å². The van der Waals surface area contributed by atoms with E-state index in [-0.39, 0.29) is 17.3 Å².